The van der Waals surface area contributed by atoms with Gasteiger partial charge < -0.3 is 0 Å². The van der Waals surface area contributed by atoms with E-state index in [1.807, 2.05) is 0 Å². The molecule has 0 radical (unpaired) electrons. The molecule has 4 nitrogen and oxygen atoms in total. The Morgan fingerprint density at radius 3 is 2.31 bits per heavy atom. The van der Waals surface area contributed by atoms with Crippen LogP contribution in [0.4, 0.5) is 8.78 Å². The molecule has 13 heavy (non-hydrogen) atoms. The molecule has 1 rings (SSSR count). The highest BCUT2D eigenvalue weighted by molar-refractivity contribution is 7.93. The first-order valence-corrected chi connectivity index (χ1v) is 5.06. The summed E-state index contributed by atoms with van der Waals surface area (Å²) in [6.45, 7) is 2.22. The number of likely N-dealkylation sites (tertiary alicyclic amines) is 1. The molecule has 0 unspecified atom stereocenters. The lowest BCUT2D eigenvalue weighted by Gasteiger charge is -2.38. The van der Waals surface area contributed by atoms with E-state index in [2.05, 4.69) is 6.58 Å². The van der Waals surface area contributed by atoms with E-state index in [4.69, 9.17) is 5.14 Å². The second kappa shape index (κ2) is 3.00. The second-order valence-electron chi connectivity index (χ2n) is 3.08. The Bertz CT molecular complexity index is 318. The second-order valence-corrected chi connectivity index (χ2v) is 4.75. The molecule has 76 valence electrons. The van der Waals surface area contributed by atoms with E-state index in [1.54, 1.807) is 0 Å². The van der Waals surface area contributed by atoms with Crippen LogP contribution >= 0.6 is 0 Å². The summed E-state index contributed by atoms with van der Waals surface area (Å²) < 4.78 is 45.8. The summed E-state index contributed by atoms with van der Waals surface area (Å²) in [4.78, 5) is 1.04. The highest BCUT2D eigenvalue weighted by atomic mass is 32.2. The molecule has 1 fully saturated rings. The fraction of sp³-hybridized carbons (Fsp3) is 0.667. The first-order valence-electron chi connectivity index (χ1n) is 3.51. The maximum atomic E-state index is 12.3. The minimum atomic E-state index is -3.79. The molecule has 0 saturated carbocycles. The van der Waals surface area contributed by atoms with Crippen LogP contribution in [0.2, 0.25) is 0 Å². The van der Waals surface area contributed by atoms with Gasteiger partial charge >= 0.3 is 0 Å². The summed E-state index contributed by atoms with van der Waals surface area (Å²) in [5, 5.41) is 4.73. The maximum Gasteiger partial charge on any atom is 0.272 e. The van der Waals surface area contributed by atoms with Gasteiger partial charge in [-0.05, 0) is 0 Å². The molecule has 0 amide bonds. The Hall–Kier alpha value is -0.530. The van der Waals surface area contributed by atoms with E-state index < -0.39 is 29.0 Å². The highest BCUT2D eigenvalue weighted by Gasteiger charge is 2.44. The quantitative estimate of drug-likeness (QED) is 0.701. The Morgan fingerprint density at radius 2 is 2.00 bits per heavy atom. The van der Waals surface area contributed by atoms with Crippen molar-refractivity contribution >= 4 is 10.0 Å². The van der Waals surface area contributed by atoms with Crippen molar-refractivity contribution in [3.63, 3.8) is 0 Å². The van der Waals surface area contributed by atoms with Crippen molar-refractivity contribution in [2.75, 3.05) is 19.6 Å². The summed E-state index contributed by atoms with van der Waals surface area (Å²) >= 11 is 0. The highest BCUT2D eigenvalue weighted by Crippen LogP contribution is 2.27. The molecule has 2 N–H and O–H groups in total. The molecule has 0 bridgehead atoms. The van der Waals surface area contributed by atoms with Crippen LogP contribution in [0.15, 0.2) is 11.5 Å². The number of hydrogen-bond acceptors (Lipinski definition) is 3. The van der Waals surface area contributed by atoms with E-state index in [0.29, 0.717) is 0 Å². The number of sulfonamides is 1. The van der Waals surface area contributed by atoms with Crippen molar-refractivity contribution in [1.29, 1.82) is 0 Å². The molecule has 0 aromatic heterocycles. The van der Waals surface area contributed by atoms with Crippen LogP contribution in [0.3, 0.4) is 0 Å². The molecule has 0 atom stereocenters. The monoisotopic (exact) mass is 212 g/mol. The lowest BCUT2D eigenvalue weighted by atomic mass is 10.1. The van der Waals surface area contributed by atoms with Gasteiger partial charge in [-0.1, -0.05) is 6.58 Å². The lowest BCUT2D eigenvalue weighted by molar-refractivity contribution is -0.126. The average molecular weight is 212 g/mol. The minimum Gasteiger partial charge on any atom is -0.286 e. The molecule has 1 aliphatic rings. The average Bonchev–Trinajstić information content (AvgIpc) is 1.80. The Kier molecular flexibility index (Phi) is 2.44. The van der Waals surface area contributed by atoms with E-state index in [-0.39, 0.29) is 11.4 Å². The fourth-order valence-corrected chi connectivity index (χ4v) is 1.42. The van der Waals surface area contributed by atoms with E-state index >= 15 is 0 Å². The normalized spacial score (nSPS) is 22.4. The van der Waals surface area contributed by atoms with Crippen molar-refractivity contribution < 1.29 is 17.2 Å². The molecule has 0 aliphatic carbocycles. The third kappa shape index (κ3) is 2.71. The molecule has 0 aromatic carbocycles. The molecule has 1 heterocycles. The number of alkyl halides is 2. The van der Waals surface area contributed by atoms with Crippen molar-refractivity contribution in [3.05, 3.63) is 11.5 Å². The van der Waals surface area contributed by atoms with Crippen molar-refractivity contribution in [2.45, 2.75) is 5.92 Å². The van der Waals surface area contributed by atoms with E-state index in [1.165, 1.54) is 4.90 Å². The van der Waals surface area contributed by atoms with Crippen LogP contribution in [0.1, 0.15) is 0 Å². The van der Waals surface area contributed by atoms with Gasteiger partial charge in [-0.2, -0.15) is 0 Å². The van der Waals surface area contributed by atoms with Gasteiger partial charge in [-0.25, -0.2) is 22.3 Å². The summed E-state index contributed by atoms with van der Waals surface area (Å²) in [7, 11) is -3.79. The van der Waals surface area contributed by atoms with E-state index in [0.717, 1.165) is 0 Å². The van der Waals surface area contributed by atoms with Gasteiger partial charge in [0.2, 0.25) is 10.0 Å². The standard InChI is InChI=1S/C6H10F2N2O2S/c1-5(13(9,11)12)2-10-3-6(7,8)4-10/h1-4H2,(H2,9,11,12). The number of halogens is 2. The Balaban J connectivity index is 2.42. The van der Waals surface area contributed by atoms with Gasteiger partial charge in [0.15, 0.2) is 0 Å². The number of nitrogens with zero attached hydrogens (tertiary/aromatic N) is 1. The fourth-order valence-electron chi connectivity index (χ4n) is 1.06. The summed E-state index contributed by atoms with van der Waals surface area (Å²) in [5.41, 5.74) is 0. The summed E-state index contributed by atoms with van der Waals surface area (Å²) in [6.07, 6.45) is 0. The summed E-state index contributed by atoms with van der Waals surface area (Å²) in [6, 6.07) is 0. The van der Waals surface area contributed by atoms with Crippen molar-refractivity contribution in [3.8, 4) is 0 Å². The van der Waals surface area contributed by atoms with Gasteiger partial charge in [0.25, 0.3) is 5.92 Å². The first kappa shape index (κ1) is 10.6. The maximum absolute atomic E-state index is 12.3. The van der Waals surface area contributed by atoms with E-state index in [9.17, 15) is 17.2 Å². The number of primary sulfonamides is 1. The van der Waals surface area contributed by atoms with Crippen molar-refractivity contribution in [2.24, 2.45) is 5.14 Å². The largest absolute Gasteiger partial charge is 0.286 e. The van der Waals surface area contributed by atoms with Crippen LogP contribution in [0, 0.1) is 0 Å². The predicted octanol–water partition coefficient (Wildman–Crippen LogP) is -0.260. The number of hydrogen-bond donors (Lipinski definition) is 1. The smallest absolute Gasteiger partial charge is 0.272 e. The predicted molar refractivity (Wildman–Crippen MR) is 43.6 cm³/mol. The van der Waals surface area contributed by atoms with Gasteiger partial charge in [0.05, 0.1) is 18.0 Å². The third-order valence-electron chi connectivity index (χ3n) is 1.71. The van der Waals surface area contributed by atoms with Crippen LogP contribution in [0.5, 0.6) is 0 Å². The molecule has 0 aromatic rings. The van der Waals surface area contributed by atoms with Crippen molar-refractivity contribution in [1.82, 2.24) is 4.90 Å². The first-order chi connectivity index (χ1) is 5.71. The summed E-state index contributed by atoms with van der Waals surface area (Å²) in [5.74, 6) is -2.70. The van der Waals surface area contributed by atoms with Crippen LogP contribution in [0.25, 0.3) is 0 Å². The Labute approximate surface area is 75.1 Å². The molecular formula is C6H10F2N2O2S. The molecule has 1 aliphatic heterocycles. The molecular weight excluding hydrogens is 202 g/mol. The van der Waals surface area contributed by atoms with Gasteiger partial charge in [-0.3, -0.25) is 4.90 Å². The van der Waals surface area contributed by atoms with Crippen LogP contribution in [-0.2, 0) is 10.0 Å². The molecule has 1 saturated heterocycles. The van der Waals surface area contributed by atoms with Gasteiger partial charge in [0, 0.05) is 6.54 Å². The number of nitrogens with two attached hydrogens (primary N) is 1. The third-order valence-corrected chi connectivity index (χ3v) is 2.65. The SMILES string of the molecule is C=C(CN1CC(F)(F)C1)S(N)(=O)=O. The number of rotatable bonds is 3. The van der Waals surface area contributed by atoms with Gasteiger partial charge in [-0.15, -0.1) is 0 Å². The lowest BCUT2D eigenvalue weighted by Crippen LogP contribution is -2.56. The zero-order valence-electron chi connectivity index (χ0n) is 6.83. The Morgan fingerprint density at radius 1 is 1.54 bits per heavy atom. The minimum absolute atomic E-state index is 0.117. The molecule has 7 heteroatoms. The van der Waals surface area contributed by atoms with Crippen LogP contribution < -0.4 is 5.14 Å². The zero-order valence-corrected chi connectivity index (χ0v) is 7.65. The molecule has 0 spiro atoms. The zero-order chi connectivity index (χ0) is 10.3. The van der Waals surface area contributed by atoms with Gasteiger partial charge in [0.1, 0.15) is 0 Å². The van der Waals surface area contributed by atoms with Crippen LogP contribution in [-0.4, -0.2) is 38.9 Å². The topological polar surface area (TPSA) is 63.4 Å².